The van der Waals surface area contributed by atoms with Gasteiger partial charge < -0.3 is 4.74 Å². The molecule has 0 heterocycles. The third-order valence-electron chi connectivity index (χ3n) is 3.83. The summed E-state index contributed by atoms with van der Waals surface area (Å²) < 4.78 is 5.65. The van der Waals surface area contributed by atoms with Gasteiger partial charge in [0.25, 0.3) is 0 Å². The quantitative estimate of drug-likeness (QED) is 0.701. The zero-order valence-electron chi connectivity index (χ0n) is 13.1. The SMILES string of the molecule is CCC#CC(C)C(C)c1ccc(OCC)c(C)c1C. The van der Waals surface area contributed by atoms with E-state index in [2.05, 4.69) is 58.6 Å². The zero-order chi connectivity index (χ0) is 14.4. The van der Waals surface area contributed by atoms with Crippen LogP contribution in [0.4, 0.5) is 0 Å². The molecule has 0 aliphatic carbocycles. The van der Waals surface area contributed by atoms with Gasteiger partial charge in [-0.1, -0.05) is 32.8 Å². The molecule has 1 heteroatoms. The van der Waals surface area contributed by atoms with Crippen molar-refractivity contribution >= 4 is 0 Å². The van der Waals surface area contributed by atoms with E-state index in [-0.39, 0.29) is 0 Å². The van der Waals surface area contributed by atoms with E-state index in [0.29, 0.717) is 18.4 Å². The van der Waals surface area contributed by atoms with Crippen molar-refractivity contribution in [3.63, 3.8) is 0 Å². The standard InChI is InChI=1S/C18H26O/c1-7-9-10-13(3)14(4)17-11-12-18(19-8-2)16(6)15(17)5/h11-14H,7-8H2,1-6H3. The summed E-state index contributed by atoms with van der Waals surface area (Å²) in [6.45, 7) is 13.6. The molecule has 2 unspecified atom stereocenters. The average Bonchev–Trinajstić information content (AvgIpc) is 2.41. The van der Waals surface area contributed by atoms with Crippen LogP contribution in [0.3, 0.4) is 0 Å². The van der Waals surface area contributed by atoms with Crippen LogP contribution in [0.25, 0.3) is 0 Å². The van der Waals surface area contributed by atoms with Crippen molar-refractivity contribution in [2.45, 2.75) is 53.9 Å². The molecule has 0 N–H and O–H groups in total. The lowest BCUT2D eigenvalue weighted by Crippen LogP contribution is -2.07. The smallest absolute Gasteiger partial charge is 0.122 e. The molecule has 1 aromatic rings. The lowest BCUT2D eigenvalue weighted by atomic mass is 9.85. The Labute approximate surface area is 118 Å². The predicted molar refractivity (Wildman–Crippen MR) is 82.7 cm³/mol. The normalized spacial score (nSPS) is 13.4. The minimum Gasteiger partial charge on any atom is -0.494 e. The number of rotatable bonds is 4. The molecule has 0 bridgehead atoms. The molecule has 19 heavy (non-hydrogen) atoms. The van der Waals surface area contributed by atoms with E-state index < -0.39 is 0 Å². The van der Waals surface area contributed by atoms with Gasteiger partial charge in [0, 0.05) is 12.3 Å². The van der Waals surface area contributed by atoms with Gasteiger partial charge in [0.1, 0.15) is 5.75 Å². The van der Waals surface area contributed by atoms with Crippen LogP contribution in [0.5, 0.6) is 5.75 Å². The van der Waals surface area contributed by atoms with Gasteiger partial charge in [-0.2, -0.15) is 0 Å². The second kappa shape index (κ2) is 7.24. The second-order valence-electron chi connectivity index (χ2n) is 5.09. The summed E-state index contributed by atoms with van der Waals surface area (Å²) in [7, 11) is 0. The fraction of sp³-hybridized carbons (Fsp3) is 0.556. The highest BCUT2D eigenvalue weighted by Gasteiger charge is 2.16. The Morgan fingerprint density at radius 2 is 1.79 bits per heavy atom. The first-order chi connectivity index (χ1) is 9.02. The van der Waals surface area contributed by atoms with Gasteiger partial charge in [0.15, 0.2) is 0 Å². The summed E-state index contributed by atoms with van der Waals surface area (Å²) in [5.74, 6) is 8.37. The average molecular weight is 258 g/mol. The topological polar surface area (TPSA) is 9.23 Å². The third-order valence-corrected chi connectivity index (χ3v) is 3.83. The zero-order valence-corrected chi connectivity index (χ0v) is 13.1. The van der Waals surface area contributed by atoms with Crippen molar-refractivity contribution in [3.8, 4) is 17.6 Å². The lowest BCUT2D eigenvalue weighted by molar-refractivity contribution is 0.337. The van der Waals surface area contributed by atoms with Crippen LogP contribution in [0.1, 0.15) is 56.7 Å². The van der Waals surface area contributed by atoms with E-state index >= 15 is 0 Å². The molecular formula is C18H26O. The first kappa shape index (κ1) is 15.6. The molecule has 1 nitrogen and oxygen atoms in total. The molecule has 0 amide bonds. The van der Waals surface area contributed by atoms with Gasteiger partial charge in [0.05, 0.1) is 6.61 Å². The number of benzene rings is 1. The van der Waals surface area contributed by atoms with Crippen molar-refractivity contribution in [1.82, 2.24) is 0 Å². The highest BCUT2D eigenvalue weighted by Crippen LogP contribution is 2.32. The van der Waals surface area contributed by atoms with Gasteiger partial charge >= 0.3 is 0 Å². The lowest BCUT2D eigenvalue weighted by Gasteiger charge is -2.21. The molecule has 0 spiro atoms. The van der Waals surface area contributed by atoms with E-state index in [9.17, 15) is 0 Å². The molecule has 0 aromatic heterocycles. The molecule has 2 atom stereocenters. The fourth-order valence-electron chi connectivity index (χ4n) is 2.28. The Hall–Kier alpha value is -1.42. The Kier molecular flexibility index (Phi) is 5.96. The predicted octanol–water partition coefficient (Wildman–Crippen LogP) is 4.86. The molecule has 1 rings (SSSR count). The molecule has 0 fully saturated rings. The molecular weight excluding hydrogens is 232 g/mol. The van der Waals surface area contributed by atoms with E-state index in [0.717, 1.165) is 12.2 Å². The van der Waals surface area contributed by atoms with Crippen molar-refractivity contribution in [2.75, 3.05) is 6.61 Å². The number of ether oxygens (including phenoxy) is 1. The van der Waals surface area contributed by atoms with E-state index in [1.807, 2.05) is 6.92 Å². The van der Waals surface area contributed by atoms with Crippen LogP contribution >= 0.6 is 0 Å². The maximum Gasteiger partial charge on any atom is 0.122 e. The highest BCUT2D eigenvalue weighted by atomic mass is 16.5. The second-order valence-corrected chi connectivity index (χ2v) is 5.09. The largest absolute Gasteiger partial charge is 0.494 e. The summed E-state index contributed by atoms with van der Waals surface area (Å²) in [6.07, 6.45) is 0.929. The van der Waals surface area contributed by atoms with Gasteiger partial charge in [0.2, 0.25) is 0 Å². The minimum absolute atomic E-state index is 0.385. The summed E-state index contributed by atoms with van der Waals surface area (Å²) in [5.41, 5.74) is 3.98. The Morgan fingerprint density at radius 1 is 1.11 bits per heavy atom. The van der Waals surface area contributed by atoms with Crippen molar-refractivity contribution in [3.05, 3.63) is 28.8 Å². The molecule has 0 radical (unpaired) electrons. The van der Waals surface area contributed by atoms with Gasteiger partial charge in [-0.15, -0.1) is 5.92 Å². The Bertz CT molecular complexity index is 476. The first-order valence-electron chi connectivity index (χ1n) is 7.24. The van der Waals surface area contributed by atoms with Gasteiger partial charge in [-0.3, -0.25) is 0 Å². The van der Waals surface area contributed by atoms with Crippen LogP contribution in [0.15, 0.2) is 12.1 Å². The summed E-state index contributed by atoms with van der Waals surface area (Å²) in [6, 6.07) is 4.29. The molecule has 1 aromatic carbocycles. The molecule has 0 aliphatic heterocycles. The van der Waals surface area contributed by atoms with Crippen LogP contribution in [-0.2, 0) is 0 Å². The fourth-order valence-corrected chi connectivity index (χ4v) is 2.28. The molecule has 0 aliphatic rings. The maximum absolute atomic E-state index is 5.65. The highest BCUT2D eigenvalue weighted by molar-refractivity contribution is 5.45. The van der Waals surface area contributed by atoms with Crippen LogP contribution in [0, 0.1) is 31.6 Å². The van der Waals surface area contributed by atoms with Crippen LogP contribution in [-0.4, -0.2) is 6.61 Å². The van der Waals surface area contributed by atoms with E-state index in [1.54, 1.807) is 0 Å². The van der Waals surface area contributed by atoms with Crippen molar-refractivity contribution in [2.24, 2.45) is 5.92 Å². The Balaban J connectivity index is 3.04. The first-order valence-corrected chi connectivity index (χ1v) is 7.24. The number of hydrogen-bond donors (Lipinski definition) is 0. The van der Waals surface area contributed by atoms with Crippen molar-refractivity contribution in [1.29, 1.82) is 0 Å². The summed E-state index contributed by atoms with van der Waals surface area (Å²) in [5, 5.41) is 0. The van der Waals surface area contributed by atoms with Crippen molar-refractivity contribution < 1.29 is 4.74 Å². The summed E-state index contributed by atoms with van der Waals surface area (Å²) in [4.78, 5) is 0. The van der Waals surface area contributed by atoms with Crippen LogP contribution in [0.2, 0.25) is 0 Å². The monoisotopic (exact) mass is 258 g/mol. The Morgan fingerprint density at radius 3 is 2.37 bits per heavy atom. The van der Waals surface area contributed by atoms with Gasteiger partial charge in [-0.25, -0.2) is 0 Å². The minimum atomic E-state index is 0.385. The molecule has 0 saturated heterocycles. The number of hydrogen-bond acceptors (Lipinski definition) is 1. The molecule has 0 saturated carbocycles. The summed E-state index contributed by atoms with van der Waals surface area (Å²) >= 11 is 0. The molecule has 104 valence electrons. The third kappa shape index (κ3) is 3.77. The van der Waals surface area contributed by atoms with E-state index in [4.69, 9.17) is 4.74 Å². The van der Waals surface area contributed by atoms with Crippen LogP contribution < -0.4 is 4.74 Å². The van der Waals surface area contributed by atoms with E-state index in [1.165, 1.54) is 16.7 Å². The van der Waals surface area contributed by atoms with Gasteiger partial charge in [-0.05, 0) is 49.4 Å². The maximum atomic E-state index is 5.65.